The zero-order valence-electron chi connectivity index (χ0n) is 14.8. The summed E-state index contributed by atoms with van der Waals surface area (Å²) in [6.45, 7) is 10.2. The lowest BCUT2D eigenvalue weighted by Gasteiger charge is -2.21. The predicted molar refractivity (Wildman–Crippen MR) is 99.9 cm³/mol. The van der Waals surface area contributed by atoms with Crippen LogP contribution >= 0.6 is 0 Å². The van der Waals surface area contributed by atoms with Crippen LogP contribution in [-0.4, -0.2) is 18.0 Å². The quantitative estimate of drug-likeness (QED) is 0.593. The Morgan fingerprint density at radius 1 is 1.08 bits per heavy atom. The molecule has 0 heterocycles. The number of aryl methyl sites for hydroxylation is 2. The van der Waals surface area contributed by atoms with Crippen LogP contribution in [0.5, 0.6) is 0 Å². The maximum Gasteiger partial charge on any atom is 0.292 e. The molecule has 0 aliphatic rings. The Labute approximate surface area is 143 Å². The molecule has 2 aromatic rings. The van der Waals surface area contributed by atoms with Crippen LogP contribution in [0.15, 0.2) is 36.4 Å². The SMILES string of the molecule is CCN(CC)c1ccc(CNc2cc(C)ccc2C)cc1[N+](=O)[O-]. The van der Waals surface area contributed by atoms with E-state index in [1.165, 1.54) is 5.56 Å². The van der Waals surface area contributed by atoms with Gasteiger partial charge in [0.05, 0.1) is 4.92 Å². The zero-order valence-corrected chi connectivity index (χ0v) is 14.8. The fourth-order valence-electron chi connectivity index (χ4n) is 2.78. The van der Waals surface area contributed by atoms with Gasteiger partial charge in [0, 0.05) is 31.4 Å². The number of hydrogen-bond donors (Lipinski definition) is 1. The lowest BCUT2D eigenvalue weighted by Crippen LogP contribution is -2.22. The summed E-state index contributed by atoms with van der Waals surface area (Å²) in [5.41, 5.74) is 5.16. The lowest BCUT2D eigenvalue weighted by atomic mass is 10.1. The van der Waals surface area contributed by atoms with E-state index in [0.717, 1.165) is 29.9 Å². The van der Waals surface area contributed by atoms with Crippen LogP contribution in [0.4, 0.5) is 17.1 Å². The molecule has 24 heavy (non-hydrogen) atoms. The highest BCUT2D eigenvalue weighted by atomic mass is 16.6. The summed E-state index contributed by atoms with van der Waals surface area (Å²) >= 11 is 0. The van der Waals surface area contributed by atoms with Crippen molar-refractivity contribution in [1.29, 1.82) is 0 Å². The van der Waals surface area contributed by atoms with Gasteiger partial charge in [0.2, 0.25) is 0 Å². The maximum atomic E-state index is 11.4. The monoisotopic (exact) mass is 327 g/mol. The van der Waals surface area contributed by atoms with E-state index in [1.807, 2.05) is 44.7 Å². The number of nitrogens with zero attached hydrogens (tertiary/aromatic N) is 2. The second-order valence-electron chi connectivity index (χ2n) is 5.92. The molecule has 0 spiro atoms. The summed E-state index contributed by atoms with van der Waals surface area (Å²) in [5.74, 6) is 0. The van der Waals surface area contributed by atoms with Crippen LogP contribution in [0.25, 0.3) is 0 Å². The highest BCUT2D eigenvalue weighted by Gasteiger charge is 2.18. The summed E-state index contributed by atoms with van der Waals surface area (Å²) < 4.78 is 0. The van der Waals surface area contributed by atoms with Gasteiger partial charge in [-0.25, -0.2) is 0 Å². The van der Waals surface area contributed by atoms with E-state index in [4.69, 9.17) is 0 Å². The van der Waals surface area contributed by atoms with E-state index in [-0.39, 0.29) is 10.6 Å². The molecule has 0 fully saturated rings. The molecule has 0 amide bonds. The molecule has 0 radical (unpaired) electrons. The van der Waals surface area contributed by atoms with Gasteiger partial charge < -0.3 is 10.2 Å². The molecule has 0 bridgehead atoms. The zero-order chi connectivity index (χ0) is 17.7. The topological polar surface area (TPSA) is 58.4 Å². The average molecular weight is 327 g/mol. The van der Waals surface area contributed by atoms with Gasteiger partial charge in [-0.15, -0.1) is 0 Å². The predicted octanol–water partition coefficient (Wildman–Crippen LogP) is 4.67. The van der Waals surface area contributed by atoms with E-state index in [0.29, 0.717) is 12.2 Å². The molecule has 0 unspecified atom stereocenters. The summed E-state index contributed by atoms with van der Waals surface area (Å²) in [7, 11) is 0. The van der Waals surface area contributed by atoms with E-state index in [1.54, 1.807) is 6.07 Å². The minimum Gasteiger partial charge on any atom is -0.381 e. The van der Waals surface area contributed by atoms with Crippen LogP contribution in [0, 0.1) is 24.0 Å². The van der Waals surface area contributed by atoms with Crippen LogP contribution in [0.2, 0.25) is 0 Å². The molecule has 1 N–H and O–H groups in total. The van der Waals surface area contributed by atoms with Gasteiger partial charge >= 0.3 is 0 Å². The third-order valence-corrected chi connectivity index (χ3v) is 4.22. The maximum absolute atomic E-state index is 11.4. The number of nitro benzene ring substituents is 1. The normalized spacial score (nSPS) is 10.5. The molecule has 0 atom stereocenters. The number of nitrogens with one attached hydrogen (secondary N) is 1. The van der Waals surface area contributed by atoms with Gasteiger partial charge in [0.15, 0.2) is 0 Å². The van der Waals surface area contributed by atoms with Gasteiger partial charge in [-0.1, -0.05) is 18.2 Å². The number of hydrogen-bond acceptors (Lipinski definition) is 4. The number of nitro groups is 1. The van der Waals surface area contributed by atoms with E-state index < -0.39 is 0 Å². The van der Waals surface area contributed by atoms with E-state index in [2.05, 4.69) is 23.5 Å². The van der Waals surface area contributed by atoms with Crippen molar-refractivity contribution in [2.45, 2.75) is 34.2 Å². The Morgan fingerprint density at radius 2 is 1.79 bits per heavy atom. The number of rotatable bonds is 7. The highest BCUT2D eigenvalue weighted by Crippen LogP contribution is 2.29. The largest absolute Gasteiger partial charge is 0.381 e. The lowest BCUT2D eigenvalue weighted by molar-refractivity contribution is -0.384. The summed E-state index contributed by atoms with van der Waals surface area (Å²) in [4.78, 5) is 13.1. The second-order valence-corrected chi connectivity index (χ2v) is 5.92. The van der Waals surface area contributed by atoms with Gasteiger partial charge in [-0.3, -0.25) is 10.1 Å². The average Bonchev–Trinajstić information content (AvgIpc) is 2.57. The first kappa shape index (κ1) is 17.8. The summed E-state index contributed by atoms with van der Waals surface area (Å²) in [6, 6.07) is 11.7. The van der Waals surface area contributed by atoms with Crippen molar-refractivity contribution in [2.75, 3.05) is 23.3 Å². The Kier molecular flexibility index (Phi) is 5.79. The molecular weight excluding hydrogens is 302 g/mol. The Bertz CT molecular complexity index is 725. The number of anilines is 2. The molecule has 0 aromatic heterocycles. The minimum absolute atomic E-state index is 0.166. The molecule has 2 aromatic carbocycles. The van der Waals surface area contributed by atoms with E-state index >= 15 is 0 Å². The van der Waals surface area contributed by atoms with Crippen molar-refractivity contribution < 1.29 is 4.92 Å². The van der Waals surface area contributed by atoms with Gasteiger partial charge in [0.1, 0.15) is 5.69 Å². The Morgan fingerprint density at radius 3 is 2.42 bits per heavy atom. The van der Waals surface area contributed by atoms with Crippen molar-refractivity contribution in [3.63, 3.8) is 0 Å². The molecular formula is C19H25N3O2. The van der Waals surface area contributed by atoms with Crippen molar-refractivity contribution in [1.82, 2.24) is 0 Å². The first-order chi connectivity index (χ1) is 11.5. The molecule has 5 nitrogen and oxygen atoms in total. The van der Waals surface area contributed by atoms with Crippen LogP contribution in [0.1, 0.15) is 30.5 Å². The summed E-state index contributed by atoms with van der Waals surface area (Å²) in [5, 5.41) is 14.8. The first-order valence-corrected chi connectivity index (χ1v) is 8.29. The number of benzene rings is 2. The fraction of sp³-hybridized carbons (Fsp3) is 0.368. The van der Waals surface area contributed by atoms with E-state index in [9.17, 15) is 10.1 Å². The van der Waals surface area contributed by atoms with Crippen molar-refractivity contribution in [2.24, 2.45) is 0 Å². The second kappa shape index (κ2) is 7.81. The smallest absolute Gasteiger partial charge is 0.292 e. The highest BCUT2D eigenvalue weighted by molar-refractivity contribution is 5.64. The van der Waals surface area contributed by atoms with Crippen LogP contribution in [0.3, 0.4) is 0 Å². The Hall–Kier alpha value is -2.56. The molecule has 0 aliphatic carbocycles. The Balaban J connectivity index is 2.24. The minimum atomic E-state index is -0.297. The third kappa shape index (κ3) is 4.04. The van der Waals surface area contributed by atoms with Crippen molar-refractivity contribution in [3.05, 3.63) is 63.2 Å². The molecule has 0 saturated carbocycles. The fourth-order valence-corrected chi connectivity index (χ4v) is 2.78. The summed E-state index contributed by atoms with van der Waals surface area (Å²) in [6.07, 6.45) is 0. The van der Waals surface area contributed by atoms with Crippen molar-refractivity contribution >= 4 is 17.1 Å². The molecule has 128 valence electrons. The van der Waals surface area contributed by atoms with Gasteiger partial charge in [-0.05, 0) is 56.5 Å². The van der Waals surface area contributed by atoms with Gasteiger partial charge in [0.25, 0.3) is 5.69 Å². The molecule has 0 aliphatic heterocycles. The molecule has 0 saturated heterocycles. The standard InChI is InChI=1S/C19H25N3O2/c1-5-21(6-2)18-10-9-16(12-19(18)22(23)24)13-20-17-11-14(3)7-8-15(17)4/h7-12,20H,5-6,13H2,1-4H3. The van der Waals surface area contributed by atoms with Gasteiger partial charge in [-0.2, -0.15) is 0 Å². The molecule has 5 heteroatoms. The first-order valence-electron chi connectivity index (χ1n) is 8.29. The van der Waals surface area contributed by atoms with Crippen LogP contribution in [-0.2, 0) is 6.54 Å². The third-order valence-electron chi connectivity index (χ3n) is 4.22. The van der Waals surface area contributed by atoms with Crippen LogP contribution < -0.4 is 10.2 Å². The van der Waals surface area contributed by atoms with Crippen molar-refractivity contribution in [3.8, 4) is 0 Å². The molecule has 2 rings (SSSR count).